The Bertz CT molecular complexity index is 943. The zero-order chi connectivity index (χ0) is 26.1. The molecule has 3 aliphatic carbocycles. The topological polar surface area (TPSA) is 47.9 Å². The van der Waals surface area contributed by atoms with E-state index in [-0.39, 0.29) is 17.7 Å². The second kappa shape index (κ2) is 10.9. The number of carbonyl (C=O) groups excluding carboxylic acids is 1. The fourth-order valence-electron chi connectivity index (χ4n) is 7.65. The molecule has 1 aliphatic heterocycles. The third-order valence-corrected chi connectivity index (χ3v) is 10.1. The van der Waals surface area contributed by atoms with Gasteiger partial charge in [-0.2, -0.15) is 0 Å². The number of ether oxygens (including phenoxy) is 1. The van der Waals surface area contributed by atoms with E-state index in [1.54, 1.807) is 5.57 Å². The second-order valence-corrected chi connectivity index (χ2v) is 12.9. The van der Waals surface area contributed by atoms with E-state index in [1.807, 2.05) is 6.92 Å². The van der Waals surface area contributed by atoms with Gasteiger partial charge in [0.2, 0.25) is 0 Å². The first-order valence-electron chi connectivity index (χ1n) is 14.5. The summed E-state index contributed by atoms with van der Waals surface area (Å²) in [7, 11) is 0. The van der Waals surface area contributed by atoms with Gasteiger partial charge in [-0.1, -0.05) is 69.7 Å². The molecule has 0 bridgehead atoms. The van der Waals surface area contributed by atoms with Crippen LogP contribution in [-0.2, 0) is 14.4 Å². The quantitative estimate of drug-likeness (QED) is 0.276. The lowest BCUT2D eigenvalue weighted by Crippen LogP contribution is -2.39. The van der Waals surface area contributed by atoms with Crippen LogP contribution in [-0.4, -0.2) is 23.4 Å². The summed E-state index contributed by atoms with van der Waals surface area (Å²) in [5.41, 5.74) is 3.94. The fraction of sp³-hybridized carbons (Fsp3) is 0.750. The number of hydrogen-bond donors (Lipinski definition) is 0. The van der Waals surface area contributed by atoms with E-state index in [2.05, 4.69) is 64.1 Å². The van der Waals surface area contributed by atoms with Gasteiger partial charge in [0.25, 0.3) is 0 Å². The molecule has 4 heteroatoms. The molecule has 0 amide bonds. The van der Waals surface area contributed by atoms with Gasteiger partial charge < -0.3 is 9.57 Å². The van der Waals surface area contributed by atoms with Crippen LogP contribution in [0.15, 0.2) is 40.6 Å². The normalized spacial score (nSPS) is 38.4. The summed E-state index contributed by atoms with van der Waals surface area (Å²) in [4.78, 5) is 17.7. The highest BCUT2D eigenvalue weighted by Gasteiger charge is 2.50. The first-order valence-corrected chi connectivity index (χ1v) is 14.5. The Hall–Kier alpha value is -1.84. The van der Waals surface area contributed by atoms with Crippen molar-refractivity contribution in [2.24, 2.45) is 40.2 Å². The van der Waals surface area contributed by atoms with Gasteiger partial charge in [0.05, 0.1) is 5.71 Å². The van der Waals surface area contributed by atoms with Gasteiger partial charge >= 0.3 is 5.97 Å². The molecule has 1 spiro atoms. The van der Waals surface area contributed by atoms with Gasteiger partial charge in [-0.25, -0.2) is 0 Å². The summed E-state index contributed by atoms with van der Waals surface area (Å²) < 4.78 is 5.62. The Morgan fingerprint density at radius 3 is 2.56 bits per heavy atom. The number of esters is 1. The van der Waals surface area contributed by atoms with E-state index in [9.17, 15) is 4.79 Å². The number of rotatable bonds is 6. The first-order chi connectivity index (χ1) is 17.0. The van der Waals surface area contributed by atoms with Crippen LogP contribution in [0.5, 0.6) is 0 Å². The molecule has 0 saturated heterocycles. The summed E-state index contributed by atoms with van der Waals surface area (Å²) in [5.74, 6) is 3.17. The highest BCUT2D eigenvalue weighted by molar-refractivity contribution is 5.84. The molecule has 0 radical (unpaired) electrons. The Morgan fingerprint density at radius 2 is 1.89 bits per heavy atom. The minimum Gasteiger partial charge on any atom is -0.462 e. The van der Waals surface area contributed by atoms with Crippen LogP contribution in [0, 0.1) is 35.0 Å². The molecule has 4 nitrogen and oxygen atoms in total. The lowest BCUT2D eigenvalue weighted by Gasteiger charge is -2.44. The Labute approximate surface area is 219 Å². The number of carbonyl (C=O) groups is 1. The number of fused-ring (bicyclic) bond motifs is 1. The zero-order valence-electron chi connectivity index (χ0n) is 23.8. The molecule has 3 saturated carbocycles. The van der Waals surface area contributed by atoms with Gasteiger partial charge in [0.15, 0.2) is 5.60 Å². The highest BCUT2D eigenvalue weighted by Crippen LogP contribution is 2.59. The van der Waals surface area contributed by atoms with Crippen LogP contribution in [0.2, 0.25) is 0 Å². The molecule has 200 valence electrons. The monoisotopic (exact) mass is 495 g/mol. The van der Waals surface area contributed by atoms with Gasteiger partial charge in [0.1, 0.15) is 6.10 Å². The Morgan fingerprint density at radius 1 is 1.11 bits per heavy atom. The molecule has 3 fully saturated rings. The van der Waals surface area contributed by atoms with E-state index in [1.165, 1.54) is 44.6 Å². The Kier molecular flexibility index (Phi) is 8.22. The van der Waals surface area contributed by atoms with Crippen molar-refractivity contribution in [2.75, 3.05) is 0 Å². The van der Waals surface area contributed by atoms with E-state index < -0.39 is 0 Å². The van der Waals surface area contributed by atoms with Crippen LogP contribution in [0.4, 0.5) is 0 Å². The van der Waals surface area contributed by atoms with Crippen LogP contribution in [0.25, 0.3) is 0 Å². The van der Waals surface area contributed by atoms with Crippen LogP contribution >= 0.6 is 0 Å². The predicted octanol–water partition coefficient (Wildman–Crippen LogP) is 8.19. The van der Waals surface area contributed by atoms with E-state index in [0.717, 1.165) is 37.3 Å². The van der Waals surface area contributed by atoms with Crippen LogP contribution in [0.3, 0.4) is 0 Å². The first kappa shape index (κ1) is 27.2. The SMILES string of the molecule is CC(=O)O[C@H]1CC[C@]2(CC(C)=NO2)/C(=C\C=C2/CCC[C@]3(C)[C@@H]([C@H](C)/C=C/[C@H](C)C(C)C)CC[C@@H]23)C1. The third-order valence-electron chi connectivity index (χ3n) is 10.1. The summed E-state index contributed by atoms with van der Waals surface area (Å²) in [5, 5.41) is 4.32. The molecule has 0 aromatic carbocycles. The van der Waals surface area contributed by atoms with Crippen molar-refractivity contribution in [3.63, 3.8) is 0 Å². The number of oxime groups is 1. The van der Waals surface area contributed by atoms with Crippen molar-refractivity contribution in [1.29, 1.82) is 0 Å². The molecule has 7 atom stereocenters. The lowest BCUT2D eigenvalue weighted by atomic mass is 9.61. The van der Waals surface area contributed by atoms with Crippen LogP contribution in [0.1, 0.15) is 106 Å². The average molecular weight is 496 g/mol. The number of hydrogen-bond acceptors (Lipinski definition) is 4. The molecular weight excluding hydrogens is 446 g/mol. The summed E-state index contributed by atoms with van der Waals surface area (Å²) in [6.07, 6.45) is 19.4. The molecule has 36 heavy (non-hydrogen) atoms. The van der Waals surface area contributed by atoms with Crippen molar-refractivity contribution in [3.8, 4) is 0 Å². The Balaban J connectivity index is 1.55. The van der Waals surface area contributed by atoms with E-state index >= 15 is 0 Å². The van der Waals surface area contributed by atoms with Gasteiger partial charge in [-0.3, -0.25) is 4.79 Å². The summed E-state index contributed by atoms with van der Waals surface area (Å²) >= 11 is 0. The van der Waals surface area contributed by atoms with Gasteiger partial charge in [-0.05, 0) is 92.4 Å². The molecule has 1 heterocycles. The van der Waals surface area contributed by atoms with Crippen molar-refractivity contribution in [1.82, 2.24) is 0 Å². The largest absolute Gasteiger partial charge is 0.462 e. The molecule has 0 aromatic heterocycles. The van der Waals surface area contributed by atoms with E-state index in [0.29, 0.717) is 29.1 Å². The van der Waals surface area contributed by atoms with Crippen molar-refractivity contribution < 1.29 is 14.4 Å². The molecule has 4 aliphatic rings. The summed E-state index contributed by atoms with van der Waals surface area (Å²) in [6.45, 7) is 15.5. The fourth-order valence-corrected chi connectivity index (χ4v) is 7.65. The highest BCUT2D eigenvalue weighted by atomic mass is 16.7. The van der Waals surface area contributed by atoms with Crippen molar-refractivity contribution in [2.45, 2.75) is 118 Å². The minimum atomic E-state index is -0.347. The maximum atomic E-state index is 11.6. The average Bonchev–Trinajstić information content (AvgIpc) is 3.37. The number of allylic oxidation sites excluding steroid dienone is 5. The number of nitrogens with zero attached hydrogens (tertiary/aromatic N) is 1. The standard InChI is InChI=1S/C32H49NO3/c1-21(2)22(3)10-11-23(4)29-14-15-30-26(9-8-17-31(29,30)7)12-13-27-19-28(35-25(6)34)16-18-32(27)20-24(5)33-36-32/h10-13,21-23,28-30H,8-9,14-20H2,1-7H3/b11-10+,26-12+,27-13-/t22-,23+,28-,29+,30-,31+,32-/m0/s1. The molecule has 0 N–H and O–H groups in total. The molecular formula is C32H49NO3. The maximum absolute atomic E-state index is 11.6. The third kappa shape index (κ3) is 5.53. The van der Waals surface area contributed by atoms with Gasteiger partial charge in [-0.15, -0.1) is 0 Å². The van der Waals surface area contributed by atoms with Crippen molar-refractivity contribution >= 4 is 11.7 Å². The molecule has 0 unspecified atom stereocenters. The van der Waals surface area contributed by atoms with Gasteiger partial charge in [0, 0.05) is 19.8 Å². The molecule has 4 rings (SSSR count). The van der Waals surface area contributed by atoms with Crippen molar-refractivity contribution in [3.05, 3.63) is 35.5 Å². The predicted molar refractivity (Wildman–Crippen MR) is 148 cm³/mol. The minimum absolute atomic E-state index is 0.0596. The summed E-state index contributed by atoms with van der Waals surface area (Å²) in [6, 6.07) is 0. The molecule has 0 aromatic rings. The van der Waals surface area contributed by atoms with E-state index in [4.69, 9.17) is 9.57 Å². The lowest BCUT2D eigenvalue weighted by molar-refractivity contribution is -0.149. The second-order valence-electron chi connectivity index (χ2n) is 12.9. The zero-order valence-corrected chi connectivity index (χ0v) is 23.8. The van der Waals surface area contributed by atoms with Crippen LogP contribution < -0.4 is 0 Å². The smallest absolute Gasteiger partial charge is 0.302 e. The maximum Gasteiger partial charge on any atom is 0.302 e.